The van der Waals surface area contributed by atoms with Crippen molar-refractivity contribution in [1.82, 2.24) is 0 Å². The Bertz CT molecular complexity index is 597. The molecule has 0 N–H and O–H groups in total. The van der Waals surface area contributed by atoms with E-state index in [0.717, 1.165) is 5.69 Å². The van der Waals surface area contributed by atoms with E-state index >= 15 is 0 Å². The van der Waals surface area contributed by atoms with E-state index in [9.17, 15) is 4.79 Å². The highest BCUT2D eigenvalue weighted by atomic mass is 35.5. The van der Waals surface area contributed by atoms with Crippen LogP contribution in [0.2, 0.25) is 10.0 Å². The Balaban J connectivity index is 2.07. The van der Waals surface area contributed by atoms with Gasteiger partial charge in [0, 0.05) is 12.2 Å². The number of carbonyl (C=O) groups excluding carboxylic acids is 1. The molecule has 0 heterocycles. The maximum Gasteiger partial charge on any atom is 0.264 e. The largest absolute Gasteiger partial charge is 0.481 e. The SMILES string of the molecule is CCN(C(=O)COc1c(Cl)cccc1Cl)c1ccccc1. The van der Waals surface area contributed by atoms with E-state index < -0.39 is 0 Å². The van der Waals surface area contributed by atoms with Crippen molar-refractivity contribution in [2.75, 3.05) is 18.1 Å². The average Bonchev–Trinajstić information content (AvgIpc) is 2.48. The van der Waals surface area contributed by atoms with Gasteiger partial charge >= 0.3 is 0 Å². The molecule has 0 saturated carbocycles. The summed E-state index contributed by atoms with van der Waals surface area (Å²) in [5.74, 6) is 0.179. The Hall–Kier alpha value is -1.71. The molecule has 0 spiro atoms. The van der Waals surface area contributed by atoms with Gasteiger partial charge in [-0.2, -0.15) is 0 Å². The van der Waals surface area contributed by atoms with Gasteiger partial charge in [0.05, 0.1) is 10.0 Å². The monoisotopic (exact) mass is 323 g/mol. The number of anilines is 1. The van der Waals surface area contributed by atoms with Crippen LogP contribution in [0.5, 0.6) is 5.75 Å². The summed E-state index contributed by atoms with van der Waals surface area (Å²) in [4.78, 5) is 13.9. The lowest BCUT2D eigenvalue weighted by atomic mass is 10.3. The molecule has 3 nitrogen and oxygen atoms in total. The number of nitrogens with zero attached hydrogens (tertiary/aromatic N) is 1. The normalized spacial score (nSPS) is 10.2. The fraction of sp³-hybridized carbons (Fsp3) is 0.188. The molecule has 0 radical (unpaired) electrons. The summed E-state index contributed by atoms with van der Waals surface area (Å²) in [5.41, 5.74) is 0.832. The van der Waals surface area contributed by atoms with Crippen LogP contribution >= 0.6 is 23.2 Å². The average molecular weight is 324 g/mol. The minimum absolute atomic E-state index is 0.119. The van der Waals surface area contributed by atoms with Crippen LogP contribution in [-0.4, -0.2) is 19.1 Å². The summed E-state index contributed by atoms with van der Waals surface area (Å²) in [6.45, 7) is 2.35. The molecule has 0 saturated heterocycles. The predicted molar refractivity (Wildman–Crippen MR) is 86.4 cm³/mol. The molecule has 5 heteroatoms. The van der Waals surface area contributed by atoms with Gasteiger partial charge in [-0.05, 0) is 31.2 Å². The minimum atomic E-state index is -0.153. The van der Waals surface area contributed by atoms with Crippen molar-refractivity contribution in [3.63, 3.8) is 0 Å². The first kappa shape index (κ1) is 15.7. The number of rotatable bonds is 5. The first-order valence-electron chi connectivity index (χ1n) is 6.55. The van der Waals surface area contributed by atoms with E-state index in [-0.39, 0.29) is 12.5 Å². The summed E-state index contributed by atoms with van der Waals surface area (Å²) < 4.78 is 5.48. The molecule has 21 heavy (non-hydrogen) atoms. The van der Waals surface area contributed by atoms with E-state index in [0.29, 0.717) is 22.3 Å². The van der Waals surface area contributed by atoms with Crippen molar-refractivity contribution in [2.24, 2.45) is 0 Å². The van der Waals surface area contributed by atoms with Crippen LogP contribution in [0, 0.1) is 0 Å². The third-order valence-corrected chi connectivity index (χ3v) is 3.54. The summed E-state index contributed by atoms with van der Waals surface area (Å²) in [6.07, 6.45) is 0. The maximum atomic E-state index is 12.3. The van der Waals surface area contributed by atoms with Crippen LogP contribution in [0.4, 0.5) is 5.69 Å². The first-order chi connectivity index (χ1) is 10.1. The lowest BCUT2D eigenvalue weighted by Gasteiger charge is -2.21. The Morgan fingerprint density at radius 1 is 1.05 bits per heavy atom. The lowest BCUT2D eigenvalue weighted by molar-refractivity contribution is -0.120. The highest BCUT2D eigenvalue weighted by Crippen LogP contribution is 2.32. The molecule has 0 aromatic heterocycles. The van der Waals surface area contributed by atoms with Gasteiger partial charge in [0.25, 0.3) is 5.91 Å². The second kappa shape index (κ2) is 7.34. The third kappa shape index (κ3) is 3.90. The molecule has 2 aromatic rings. The van der Waals surface area contributed by atoms with Crippen LogP contribution in [-0.2, 0) is 4.79 Å². The molecule has 0 fully saturated rings. The third-order valence-electron chi connectivity index (χ3n) is 2.94. The molecule has 0 bridgehead atoms. The van der Waals surface area contributed by atoms with Gasteiger partial charge in [-0.3, -0.25) is 4.79 Å². The van der Waals surface area contributed by atoms with Gasteiger partial charge in [-0.1, -0.05) is 47.5 Å². The Kier molecular flexibility index (Phi) is 5.48. The van der Waals surface area contributed by atoms with Crippen molar-refractivity contribution in [3.8, 4) is 5.75 Å². The number of amides is 1. The molecule has 2 rings (SSSR count). The van der Waals surface area contributed by atoms with Crippen molar-refractivity contribution < 1.29 is 9.53 Å². The quantitative estimate of drug-likeness (QED) is 0.814. The number of para-hydroxylation sites is 2. The van der Waals surface area contributed by atoms with Crippen LogP contribution in [0.25, 0.3) is 0 Å². The Morgan fingerprint density at radius 3 is 2.24 bits per heavy atom. The fourth-order valence-corrected chi connectivity index (χ4v) is 2.45. The lowest BCUT2D eigenvalue weighted by Crippen LogP contribution is -2.34. The second-order valence-corrected chi connectivity index (χ2v) is 5.13. The minimum Gasteiger partial charge on any atom is -0.481 e. The zero-order valence-corrected chi connectivity index (χ0v) is 13.1. The summed E-state index contributed by atoms with van der Waals surface area (Å²) in [7, 11) is 0. The van der Waals surface area contributed by atoms with Gasteiger partial charge in [0.2, 0.25) is 0 Å². The van der Waals surface area contributed by atoms with Gasteiger partial charge in [0.1, 0.15) is 0 Å². The summed E-state index contributed by atoms with van der Waals surface area (Å²) >= 11 is 12.0. The number of likely N-dealkylation sites (N-methyl/N-ethyl adjacent to an activating group) is 1. The van der Waals surface area contributed by atoms with Gasteiger partial charge < -0.3 is 9.64 Å². The van der Waals surface area contributed by atoms with E-state index in [1.165, 1.54) is 0 Å². The van der Waals surface area contributed by atoms with E-state index in [2.05, 4.69) is 0 Å². The summed E-state index contributed by atoms with van der Waals surface area (Å²) in [5, 5.41) is 0.774. The highest BCUT2D eigenvalue weighted by molar-refractivity contribution is 6.37. The standard InChI is InChI=1S/C16H15Cl2NO2/c1-2-19(12-7-4-3-5-8-12)15(20)11-21-16-13(17)9-6-10-14(16)18/h3-10H,2,11H2,1H3. The van der Waals surface area contributed by atoms with Crippen molar-refractivity contribution in [2.45, 2.75) is 6.92 Å². The van der Waals surface area contributed by atoms with Crippen molar-refractivity contribution in [3.05, 3.63) is 58.6 Å². The molecule has 0 aliphatic heterocycles. The van der Waals surface area contributed by atoms with Gasteiger partial charge in [-0.25, -0.2) is 0 Å². The van der Waals surface area contributed by atoms with Gasteiger partial charge in [0.15, 0.2) is 12.4 Å². The number of hydrogen-bond acceptors (Lipinski definition) is 2. The number of ether oxygens (including phenoxy) is 1. The smallest absolute Gasteiger partial charge is 0.264 e. The number of benzene rings is 2. The molecule has 1 amide bonds. The zero-order valence-electron chi connectivity index (χ0n) is 11.6. The maximum absolute atomic E-state index is 12.3. The molecule has 0 aliphatic rings. The van der Waals surface area contributed by atoms with Crippen LogP contribution in [0.3, 0.4) is 0 Å². The molecular weight excluding hydrogens is 309 g/mol. The molecule has 0 aliphatic carbocycles. The number of halogens is 2. The topological polar surface area (TPSA) is 29.5 Å². The van der Waals surface area contributed by atoms with E-state index in [4.69, 9.17) is 27.9 Å². The summed E-state index contributed by atoms with van der Waals surface area (Å²) in [6, 6.07) is 14.5. The van der Waals surface area contributed by atoms with Crippen LogP contribution < -0.4 is 9.64 Å². The van der Waals surface area contributed by atoms with Crippen molar-refractivity contribution in [1.29, 1.82) is 0 Å². The first-order valence-corrected chi connectivity index (χ1v) is 7.31. The van der Waals surface area contributed by atoms with Gasteiger partial charge in [-0.15, -0.1) is 0 Å². The predicted octanol–water partition coefficient (Wildman–Crippen LogP) is 4.43. The number of carbonyl (C=O) groups is 1. The molecular formula is C16H15Cl2NO2. The van der Waals surface area contributed by atoms with E-state index in [1.807, 2.05) is 37.3 Å². The molecule has 2 aromatic carbocycles. The molecule has 0 unspecified atom stereocenters. The molecule has 110 valence electrons. The Labute approximate surface area is 134 Å². The zero-order chi connectivity index (χ0) is 15.2. The van der Waals surface area contributed by atoms with E-state index in [1.54, 1.807) is 23.1 Å². The fourth-order valence-electron chi connectivity index (χ4n) is 1.94. The number of hydrogen-bond donors (Lipinski definition) is 0. The second-order valence-electron chi connectivity index (χ2n) is 4.31. The van der Waals surface area contributed by atoms with Crippen LogP contribution in [0.15, 0.2) is 48.5 Å². The highest BCUT2D eigenvalue weighted by Gasteiger charge is 2.16. The van der Waals surface area contributed by atoms with Crippen LogP contribution in [0.1, 0.15) is 6.92 Å². The van der Waals surface area contributed by atoms with Crippen molar-refractivity contribution >= 4 is 34.8 Å². The molecule has 0 atom stereocenters. The Morgan fingerprint density at radius 2 is 1.67 bits per heavy atom.